The summed E-state index contributed by atoms with van der Waals surface area (Å²) < 4.78 is 2.14. The van der Waals surface area contributed by atoms with Crippen LogP contribution >= 0.6 is 22.7 Å². The highest BCUT2D eigenvalue weighted by atomic mass is 32.1. The van der Waals surface area contributed by atoms with Gasteiger partial charge in [-0.1, -0.05) is 26.7 Å². The molecule has 3 aromatic rings. The molecule has 0 spiro atoms. The third kappa shape index (κ3) is 5.55. The molecule has 3 rings (SSSR count). The Bertz CT molecular complexity index is 883. The zero-order chi connectivity index (χ0) is 19.8. The number of aryl methyl sites for hydroxylation is 1. The Kier molecular flexibility index (Phi) is 7.87. The van der Waals surface area contributed by atoms with Crippen molar-refractivity contribution in [3.05, 3.63) is 59.2 Å². The SMILES string of the molecule is CCCCN(CCCC)c1ccc(-c2ccc(/C=C/c3cccc[n+]3C)s2)s1. The predicted molar refractivity (Wildman–Crippen MR) is 126 cm³/mol. The highest BCUT2D eigenvalue weighted by Crippen LogP contribution is 2.38. The first-order chi connectivity index (χ1) is 13.7. The molecule has 3 heterocycles. The topological polar surface area (TPSA) is 7.12 Å². The summed E-state index contributed by atoms with van der Waals surface area (Å²) in [6, 6.07) is 15.4. The molecule has 0 fully saturated rings. The average Bonchev–Trinajstić information content (AvgIpc) is 3.37. The molecule has 148 valence electrons. The van der Waals surface area contributed by atoms with Crippen molar-refractivity contribution in [3.8, 4) is 9.75 Å². The lowest BCUT2D eigenvalue weighted by Gasteiger charge is -2.22. The van der Waals surface area contributed by atoms with Crippen molar-refractivity contribution in [2.24, 2.45) is 7.05 Å². The Morgan fingerprint density at radius 2 is 1.57 bits per heavy atom. The number of nitrogens with zero attached hydrogens (tertiary/aromatic N) is 2. The normalized spacial score (nSPS) is 11.4. The molecule has 0 bridgehead atoms. The van der Waals surface area contributed by atoms with Crippen LogP contribution in [0.5, 0.6) is 0 Å². The van der Waals surface area contributed by atoms with Crippen LogP contribution in [0.25, 0.3) is 21.9 Å². The monoisotopic (exact) mass is 411 g/mol. The standard InChI is InChI=1S/C24H31N2S2/c1-4-6-18-26(19-7-5-2)24-16-15-23(28-24)22-14-13-21(27-22)12-11-20-10-8-9-17-25(20)3/h8-17H,4-7,18-19H2,1-3H3/q+1. The molecule has 0 aliphatic carbocycles. The molecular formula is C24H31N2S2+. The maximum Gasteiger partial charge on any atom is 0.204 e. The van der Waals surface area contributed by atoms with Crippen molar-refractivity contribution in [2.75, 3.05) is 18.0 Å². The first-order valence-electron chi connectivity index (χ1n) is 10.3. The number of aromatic nitrogens is 1. The second-order valence-corrected chi connectivity index (χ2v) is 9.28. The molecule has 0 amide bonds. The Labute approximate surface area is 177 Å². The zero-order valence-corrected chi connectivity index (χ0v) is 18.9. The first kappa shape index (κ1) is 20.8. The van der Waals surface area contributed by atoms with Crippen molar-refractivity contribution >= 4 is 39.8 Å². The molecule has 0 radical (unpaired) electrons. The summed E-state index contributed by atoms with van der Waals surface area (Å²) in [7, 11) is 2.08. The number of thiophene rings is 2. The van der Waals surface area contributed by atoms with Crippen LogP contribution in [-0.4, -0.2) is 13.1 Å². The van der Waals surface area contributed by atoms with Crippen LogP contribution in [0.2, 0.25) is 0 Å². The molecule has 0 aliphatic heterocycles. The molecule has 3 aromatic heterocycles. The maximum atomic E-state index is 2.57. The molecular weight excluding hydrogens is 380 g/mol. The molecule has 0 N–H and O–H groups in total. The van der Waals surface area contributed by atoms with Gasteiger partial charge in [-0.25, -0.2) is 4.57 Å². The van der Waals surface area contributed by atoms with Gasteiger partial charge in [0.25, 0.3) is 0 Å². The van der Waals surface area contributed by atoms with Gasteiger partial charge in [0, 0.05) is 45.9 Å². The van der Waals surface area contributed by atoms with Crippen LogP contribution in [0.1, 0.15) is 50.1 Å². The number of hydrogen-bond acceptors (Lipinski definition) is 3. The third-order valence-corrected chi connectivity index (χ3v) is 7.24. The Hall–Kier alpha value is -1.91. The van der Waals surface area contributed by atoms with Crippen LogP contribution < -0.4 is 9.47 Å². The minimum atomic E-state index is 1.17. The van der Waals surface area contributed by atoms with Gasteiger partial charge >= 0.3 is 0 Å². The predicted octanol–water partition coefficient (Wildman–Crippen LogP) is 6.88. The van der Waals surface area contributed by atoms with Crippen LogP contribution in [-0.2, 0) is 7.05 Å². The van der Waals surface area contributed by atoms with E-state index in [0.717, 1.165) is 0 Å². The minimum absolute atomic E-state index is 1.17. The molecule has 2 nitrogen and oxygen atoms in total. The van der Waals surface area contributed by atoms with E-state index >= 15 is 0 Å². The summed E-state index contributed by atoms with van der Waals surface area (Å²) in [5.41, 5.74) is 1.21. The largest absolute Gasteiger partial charge is 0.363 e. The van der Waals surface area contributed by atoms with Crippen molar-refractivity contribution in [2.45, 2.75) is 39.5 Å². The number of unbranched alkanes of at least 4 members (excludes halogenated alkanes) is 2. The van der Waals surface area contributed by atoms with E-state index in [1.807, 2.05) is 22.7 Å². The number of rotatable bonds is 10. The zero-order valence-electron chi connectivity index (χ0n) is 17.2. The van der Waals surface area contributed by atoms with E-state index in [1.165, 1.54) is 64.1 Å². The lowest BCUT2D eigenvalue weighted by molar-refractivity contribution is -0.673. The molecule has 0 aliphatic rings. The molecule has 0 saturated heterocycles. The van der Waals surface area contributed by atoms with Gasteiger partial charge in [0.1, 0.15) is 7.05 Å². The summed E-state index contributed by atoms with van der Waals surface area (Å²) in [4.78, 5) is 6.61. The molecule has 0 atom stereocenters. The van der Waals surface area contributed by atoms with Gasteiger partial charge in [0.15, 0.2) is 6.20 Å². The van der Waals surface area contributed by atoms with Crippen LogP contribution in [0.4, 0.5) is 5.00 Å². The molecule has 0 unspecified atom stereocenters. The quantitative estimate of drug-likeness (QED) is 0.330. The summed E-state index contributed by atoms with van der Waals surface area (Å²) in [5.74, 6) is 0. The fraction of sp³-hybridized carbons (Fsp3) is 0.375. The van der Waals surface area contributed by atoms with E-state index in [2.05, 4.69) is 91.2 Å². The van der Waals surface area contributed by atoms with E-state index in [1.54, 1.807) is 0 Å². The highest BCUT2D eigenvalue weighted by Gasteiger charge is 2.11. The van der Waals surface area contributed by atoms with Gasteiger partial charge in [0.2, 0.25) is 5.69 Å². The van der Waals surface area contributed by atoms with Gasteiger partial charge in [-0.15, -0.1) is 22.7 Å². The van der Waals surface area contributed by atoms with E-state index in [9.17, 15) is 0 Å². The van der Waals surface area contributed by atoms with Crippen molar-refractivity contribution in [3.63, 3.8) is 0 Å². The van der Waals surface area contributed by atoms with Crippen LogP contribution in [0, 0.1) is 0 Å². The summed E-state index contributed by atoms with van der Waals surface area (Å²) in [6.45, 7) is 6.88. The third-order valence-electron chi connectivity index (χ3n) is 4.85. The second-order valence-electron chi connectivity index (χ2n) is 7.10. The van der Waals surface area contributed by atoms with Crippen LogP contribution in [0.3, 0.4) is 0 Å². The minimum Gasteiger partial charge on any atom is -0.363 e. The van der Waals surface area contributed by atoms with E-state index in [0.29, 0.717) is 0 Å². The van der Waals surface area contributed by atoms with Crippen molar-refractivity contribution < 1.29 is 4.57 Å². The van der Waals surface area contributed by atoms with Gasteiger partial charge in [0.05, 0.1) is 5.00 Å². The molecule has 0 aromatic carbocycles. The first-order valence-corrected chi connectivity index (χ1v) is 11.9. The van der Waals surface area contributed by atoms with Gasteiger partial charge in [-0.2, -0.15) is 0 Å². The fourth-order valence-electron chi connectivity index (χ4n) is 3.11. The van der Waals surface area contributed by atoms with Gasteiger partial charge < -0.3 is 4.90 Å². The summed E-state index contributed by atoms with van der Waals surface area (Å²) in [5, 5.41) is 1.42. The number of hydrogen-bond donors (Lipinski definition) is 0. The van der Waals surface area contributed by atoms with Gasteiger partial charge in [-0.05, 0) is 49.2 Å². The number of pyridine rings is 1. The summed E-state index contributed by atoms with van der Waals surface area (Å²) in [6.07, 6.45) is 11.5. The van der Waals surface area contributed by atoms with E-state index < -0.39 is 0 Å². The second kappa shape index (κ2) is 10.6. The Morgan fingerprint density at radius 3 is 2.29 bits per heavy atom. The van der Waals surface area contributed by atoms with Crippen LogP contribution in [0.15, 0.2) is 48.7 Å². The molecule has 4 heteroatoms. The highest BCUT2D eigenvalue weighted by molar-refractivity contribution is 7.24. The maximum absolute atomic E-state index is 2.57. The molecule has 28 heavy (non-hydrogen) atoms. The van der Waals surface area contributed by atoms with E-state index in [-0.39, 0.29) is 0 Å². The van der Waals surface area contributed by atoms with Crippen molar-refractivity contribution in [1.82, 2.24) is 0 Å². The Morgan fingerprint density at radius 1 is 0.857 bits per heavy atom. The average molecular weight is 412 g/mol. The lowest BCUT2D eigenvalue weighted by atomic mass is 10.2. The number of anilines is 1. The molecule has 0 saturated carbocycles. The van der Waals surface area contributed by atoms with Gasteiger partial charge in [-0.3, -0.25) is 0 Å². The Balaban J connectivity index is 1.72. The smallest absolute Gasteiger partial charge is 0.204 e. The van der Waals surface area contributed by atoms with Crippen molar-refractivity contribution in [1.29, 1.82) is 0 Å². The van der Waals surface area contributed by atoms with E-state index in [4.69, 9.17) is 0 Å². The fourth-order valence-corrected chi connectivity index (χ4v) is 5.17. The summed E-state index contributed by atoms with van der Waals surface area (Å²) >= 11 is 3.80. The lowest BCUT2D eigenvalue weighted by Crippen LogP contribution is -2.30.